The predicted octanol–water partition coefficient (Wildman–Crippen LogP) is 1.42. The van der Waals surface area contributed by atoms with Crippen LogP contribution in [0.15, 0.2) is 0 Å². The second-order valence-electron chi connectivity index (χ2n) is 4.09. The minimum Gasteiger partial charge on any atom is -0.328 e. The highest BCUT2D eigenvalue weighted by Crippen LogP contribution is 2.60. The van der Waals surface area contributed by atoms with Crippen molar-refractivity contribution in [1.82, 2.24) is 0 Å². The summed E-state index contributed by atoms with van der Waals surface area (Å²) in [6.07, 6.45) is 5.82. The van der Waals surface area contributed by atoms with Crippen LogP contribution >= 0.6 is 0 Å². The van der Waals surface area contributed by atoms with Crippen LogP contribution in [-0.2, 0) is 0 Å². The van der Waals surface area contributed by atoms with Crippen LogP contribution in [0.3, 0.4) is 0 Å². The van der Waals surface area contributed by atoms with Crippen LogP contribution in [0.2, 0.25) is 0 Å². The molecule has 11 heavy (non-hydrogen) atoms. The molecule has 60 valence electrons. The molecule has 0 aliphatic heterocycles. The standard InChI is InChI=1S/C9H14N2/c10-6-7-5-9(7)3-1-8(11)2-4-9/h7-8H,1-5,11H2. The zero-order chi connectivity index (χ0) is 7.90. The van der Waals surface area contributed by atoms with Gasteiger partial charge in [-0.15, -0.1) is 0 Å². The Bertz CT molecular complexity index is 196. The lowest BCUT2D eigenvalue weighted by atomic mass is 9.82. The highest BCUT2D eigenvalue weighted by molar-refractivity contribution is 5.13. The molecule has 0 aromatic carbocycles. The number of hydrogen-bond acceptors (Lipinski definition) is 2. The van der Waals surface area contributed by atoms with Gasteiger partial charge in [0, 0.05) is 6.04 Å². The molecule has 2 aliphatic rings. The first-order valence-corrected chi connectivity index (χ1v) is 4.42. The van der Waals surface area contributed by atoms with Gasteiger partial charge < -0.3 is 5.73 Å². The molecule has 2 aliphatic carbocycles. The van der Waals surface area contributed by atoms with Gasteiger partial charge >= 0.3 is 0 Å². The van der Waals surface area contributed by atoms with Crippen LogP contribution in [0.5, 0.6) is 0 Å². The molecule has 0 radical (unpaired) electrons. The van der Waals surface area contributed by atoms with E-state index in [0.717, 1.165) is 19.3 Å². The van der Waals surface area contributed by atoms with E-state index in [-0.39, 0.29) is 0 Å². The summed E-state index contributed by atoms with van der Waals surface area (Å²) in [4.78, 5) is 0. The van der Waals surface area contributed by atoms with Gasteiger partial charge in [-0.1, -0.05) is 0 Å². The maximum absolute atomic E-state index is 8.71. The van der Waals surface area contributed by atoms with Gasteiger partial charge in [0.1, 0.15) is 0 Å². The van der Waals surface area contributed by atoms with Crippen molar-refractivity contribution < 1.29 is 0 Å². The topological polar surface area (TPSA) is 49.8 Å². The van der Waals surface area contributed by atoms with Crippen molar-refractivity contribution in [2.75, 3.05) is 0 Å². The minimum absolute atomic E-state index is 0.370. The molecule has 0 aromatic heterocycles. The van der Waals surface area contributed by atoms with Gasteiger partial charge in [0.15, 0.2) is 0 Å². The Morgan fingerprint density at radius 1 is 1.36 bits per heavy atom. The molecule has 2 rings (SSSR count). The van der Waals surface area contributed by atoms with E-state index >= 15 is 0 Å². The van der Waals surface area contributed by atoms with Crippen molar-refractivity contribution >= 4 is 0 Å². The fourth-order valence-electron chi connectivity index (χ4n) is 2.30. The zero-order valence-electron chi connectivity index (χ0n) is 6.71. The van der Waals surface area contributed by atoms with E-state index in [9.17, 15) is 0 Å². The minimum atomic E-state index is 0.370. The molecule has 0 aromatic rings. The molecule has 1 unspecified atom stereocenters. The number of nitrogens with zero attached hydrogens (tertiary/aromatic N) is 1. The Morgan fingerprint density at radius 2 is 2.00 bits per heavy atom. The van der Waals surface area contributed by atoms with E-state index in [1.807, 2.05) is 0 Å². The summed E-state index contributed by atoms with van der Waals surface area (Å²) in [7, 11) is 0. The number of nitriles is 1. The van der Waals surface area contributed by atoms with Crippen LogP contribution in [0.25, 0.3) is 0 Å². The highest BCUT2D eigenvalue weighted by Gasteiger charge is 2.54. The molecule has 2 N–H and O–H groups in total. The fraction of sp³-hybridized carbons (Fsp3) is 0.889. The van der Waals surface area contributed by atoms with Gasteiger partial charge in [0.05, 0.1) is 12.0 Å². The molecular weight excluding hydrogens is 136 g/mol. The zero-order valence-corrected chi connectivity index (χ0v) is 6.71. The van der Waals surface area contributed by atoms with Gasteiger partial charge in [0.2, 0.25) is 0 Å². The SMILES string of the molecule is N#CC1CC12CCC(N)CC2. The molecule has 2 nitrogen and oxygen atoms in total. The second kappa shape index (κ2) is 2.22. The summed E-state index contributed by atoms with van der Waals surface area (Å²) >= 11 is 0. The molecule has 0 saturated heterocycles. The van der Waals surface area contributed by atoms with Crippen LogP contribution in [0.4, 0.5) is 0 Å². The van der Waals surface area contributed by atoms with Crippen molar-refractivity contribution in [3.8, 4) is 6.07 Å². The molecule has 0 heterocycles. The van der Waals surface area contributed by atoms with Crippen molar-refractivity contribution in [1.29, 1.82) is 5.26 Å². The van der Waals surface area contributed by atoms with Crippen LogP contribution in [0.1, 0.15) is 32.1 Å². The molecular formula is C9H14N2. The average molecular weight is 150 g/mol. The van der Waals surface area contributed by atoms with Crippen molar-refractivity contribution in [3.05, 3.63) is 0 Å². The molecule has 1 spiro atoms. The third-order valence-corrected chi connectivity index (χ3v) is 3.37. The summed E-state index contributed by atoms with van der Waals surface area (Å²) in [5.41, 5.74) is 6.22. The molecule has 0 bridgehead atoms. The molecule has 0 amide bonds. The van der Waals surface area contributed by atoms with Gasteiger partial charge in [0.25, 0.3) is 0 Å². The first-order valence-electron chi connectivity index (χ1n) is 4.42. The van der Waals surface area contributed by atoms with Crippen molar-refractivity contribution in [2.24, 2.45) is 17.1 Å². The summed E-state index contributed by atoms with van der Waals surface area (Å²) in [5.74, 6) is 0.370. The first kappa shape index (κ1) is 7.12. The third kappa shape index (κ3) is 1.04. The maximum Gasteiger partial charge on any atom is 0.0661 e. The number of rotatable bonds is 0. The van der Waals surface area contributed by atoms with Crippen molar-refractivity contribution in [3.63, 3.8) is 0 Å². The Balaban J connectivity index is 1.95. The third-order valence-electron chi connectivity index (χ3n) is 3.37. The van der Waals surface area contributed by atoms with E-state index in [1.165, 1.54) is 12.8 Å². The average Bonchev–Trinajstić information content (AvgIpc) is 2.71. The van der Waals surface area contributed by atoms with Crippen LogP contribution in [0, 0.1) is 22.7 Å². The molecule has 2 saturated carbocycles. The van der Waals surface area contributed by atoms with Gasteiger partial charge in [-0.05, 0) is 37.5 Å². The van der Waals surface area contributed by atoms with Crippen LogP contribution < -0.4 is 5.73 Å². The van der Waals surface area contributed by atoms with Crippen molar-refractivity contribution in [2.45, 2.75) is 38.1 Å². The van der Waals surface area contributed by atoms with E-state index < -0.39 is 0 Å². The Kier molecular flexibility index (Phi) is 1.43. The molecule has 2 heteroatoms. The monoisotopic (exact) mass is 150 g/mol. The lowest BCUT2D eigenvalue weighted by Crippen LogP contribution is -2.27. The number of hydrogen-bond donors (Lipinski definition) is 1. The van der Waals surface area contributed by atoms with Gasteiger partial charge in [-0.3, -0.25) is 0 Å². The molecule has 2 fully saturated rings. The van der Waals surface area contributed by atoms with E-state index in [4.69, 9.17) is 11.0 Å². The summed E-state index contributed by atoms with van der Waals surface area (Å²) in [6, 6.07) is 2.79. The maximum atomic E-state index is 8.71. The second-order valence-corrected chi connectivity index (χ2v) is 4.09. The van der Waals surface area contributed by atoms with E-state index in [2.05, 4.69) is 6.07 Å². The Labute approximate surface area is 67.4 Å². The fourth-order valence-corrected chi connectivity index (χ4v) is 2.30. The molecule has 1 atom stereocenters. The van der Waals surface area contributed by atoms with Crippen LogP contribution in [-0.4, -0.2) is 6.04 Å². The quantitative estimate of drug-likeness (QED) is 0.567. The summed E-state index contributed by atoms with van der Waals surface area (Å²) in [6.45, 7) is 0. The lowest BCUT2D eigenvalue weighted by Gasteiger charge is -2.25. The first-order chi connectivity index (χ1) is 5.27. The Hall–Kier alpha value is -0.550. The lowest BCUT2D eigenvalue weighted by molar-refractivity contribution is 0.294. The summed E-state index contributed by atoms with van der Waals surface area (Å²) < 4.78 is 0. The highest BCUT2D eigenvalue weighted by atomic mass is 14.7. The summed E-state index contributed by atoms with van der Waals surface area (Å²) in [5, 5.41) is 8.71. The predicted molar refractivity (Wildman–Crippen MR) is 42.6 cm³/mol. The largest absolute Gasteiger partial charge is 0.328 e. The Morgan fingerprint density at radius 3 is 2.45 bits per heavy atom. The van der Waals surface area contributed by atoms with E-state index in [1.54, 1.807) is 0 Å². The van der Waals surface area contributed by atoms with Gasteiger partial charge in [-0.25, -0.2) is 0 Å². The normalized spacial score (nSPS) is 48.7. The number of nitrogens with two attached hydrogens (primary N) is 1. The van der Waals surface area contributed by atoms with Gasteiger partial charge in [-0.2, -0.15) is 5.26 Å². The smallest absolute Gasteiger partial charge is 0.0661 e. The van der Waals surface area contributed by atoms with E-state index in [0.29, 0.717) is 17.4 Å².